The normalized spacial score (nSPS) is 12.6. The molecule has 8 nitrogen and oxygen atoms in total. The maximum Gasteiger partial charge on any atom is 0.264 e. The third kappa shape index (κ3) is 4.24. The molecule has 0 unspecified atom stereocenters. The molecule has 0 bridgehead atoms. The fourth-order valence-corrected chi connectivity index (χ4v) is 4.64. The van der Waals surface area contributed by atoms with Crippen LogP contribution in [-0.2, 0) is 17.9 Å². The van der Waals surface area contributed by atoms with Gasteiger partial charge in [0.05, 0.1) is 25.2 Å². The van der Waals surface area contributed by atoms with E-state index in [4.69, 9.17) is 4.74 Å². The molecule has 9 heteroatoms. The molecular weight excluding hydrogens is 473 g/mol. The molecular formula is C28H22FN5O3. The first kappa shape index (κ1) is 22.7. The Labute approximate surface area is 211 Å². The van der Waals surface area contributed by atoms with Gasteiger partial charge in [0.15, 0.2) is 5.65 Å². The number of carbonyl (C=O) groups is 1. The van der Waals surface area contributed by atoms with Crippen LogP contribution in [0.4, 0.5) is 4.39 Å². The lowest BCUT2D eigenvalue weighted by Crippen LogP contribution is -2.34. The van der Waals surface area contributed by atoms with E-state index in [1.807, 2.05) is 48.5 Å². The number of fused-ring (bicyclic) bond motifs is 3. The largest absolute Gasteiger partial charge is 0.457 e. The van der Waals surface area contributed by atoms with E-state index >= 15 is 0 Å². The standard InChI is InChI=1S/C28H22FN5O3/c29-19-11-9-18(10-12-19)16-33-17-31-26-22(28(33)36)15-32-34(26)14-13-30-27(35)25-20-5-1-3-7-23(20)37-24-8-4-2-6-21(24)25/h1-12,15,17,25H,13-14,16H2,(H,30,35). The van der Waals surface area contributed by atoms with Gasteiger partial charge in [-0.2, -0.15) is 5.10 Å². The summed E-state index contributed by atoms with van der Waals surface area (Å²) in [6.07, 6.45) is 2.94. The van der Waals surface area contributed by atoms with Gasteiger partial charge in [-0.05, 0) is 29.8 Å². The van der Waals surface area contributed by atoms with Crippen molar-refractivity contribution in [2.75, 3.05) is 6.54 Å². The Kier molecular flexibility index (Phi) is 5.72. The van der Waals surface area contributed by atoms with Crippen molar-refractivity contribution in [3.05, 3.63) is 118 Å². The fraction of sp³-hybridized carbons (Fsp3) is 0.143. The Morgan fingerprint density at radius 3 is 2.35 bits per heavy atom. The minimum absolute atomic E-state index is 0.144. The highest BCUT2D eigenvalue weighted by Gasteiger charge is 2.32. The highest BCUT2D eigenvalue weighted by atomic mass is 19.1. The van der Waals surface area contributed by atoms with E-state index in [0.29, 0.717) is 35.6 Å². The lowest BCUT2D eigenvalue weighted by molar-refractivity contribution is -0.121. The Morgan fingerprint density at radius 1 is 0.973 bits per heavy atom. The lowest BCUT2D eigenvalue weighted by Gasteiger charge is -2.27. The zero-order valence-electron chi connectivity index (χ0n) is 19.7. The number of halogens is 1. The average Bonchev–Trinajstić information content (AvgIpc) is 3.33. The number of aromatic nitrogens is 4. The van der Waals surface area contributed by atoms with Gasteiger partial charge in [-0.25, -0.2) is 14.1 Å². The summed E-state index contributed by atoms with van der Waals surface area (Å²) in [5, 5.41) is 7.70. The van der Waals surface area contributed by atoms with Crippen LogP contribution in [0.1, 0.15) is 22.6 Å². The maximum atomic E-state index is 13.3. The molecule has 184 valence electrons. The molecule has 0 fully saturated rings. The van der Waals surface area contributed by atoms with E-state index in [2.05, 4.69) is 15.4 Å². The Morgan fingerprint density at radius 2 is 1.65 bits per heavy atom. The number of benzene rings is 3. The molecule has 37 heavy (non-hydrogen) atoms. The van der Waals surface area contributed by atoms with E-state index < -0.39 is 5.92 Å². The zero-order valence-corrected chi connectivity index (χ0v) is 19.7. The van der Waals surface area contributed by atoms with Crippen molar-refractivity contribution in [2.24, 2.45) is 0 Å². The van der Waals surface area contributed by atoms with Gasteiger partial charge >= 0.3 is 0 Å². The van der Waals surface area contributed by atoms with Crippen molar-refractivity contribution >= 4 is 16.9 Å². The van der Waals surface area contributed by atoms with Gasteiger partial charge in [0, 0.05) is 17.7 Å². The molecule has 1 aliphatic heterocycles. The zero-order chi connectivity index (χ0) is 25.4. The number of ether oxygens (including phenoxy) is 1. The molecule has 1 aliphatic rings. The number of carbonyl (C=O) groups excluding carboxylic acids is 1. The molecule has 0 spiro atoms. The summed E-state index contributed by atoms with van der Waals surface area (Å²) in [7, 11) is 0. The molecule has 2 aromatic heterocycles. The second-order valence-electron chi connectivity index (χ2n) is 8.81. The number of para-hydroxylation sites is 2. The van der Waals surface area contributed by atoms with Crippen molar-refractivity contribution in [3.63, 3.8) is 0 Å². The lowest BCUT2D eigenvalue weighted by atomic mass is 9.87. The predicted molar refractivity (Wildman–Crippen MR) is 135 cm³/mol. The minimum atomic E-state index is -0.493. The second kappa shape index (κ2) is 9.34. The number of amides is 1. The summed E-state index contributed by atoms with van der Waals surface area (Å²) in [6, 6.07) is 21.0. The van der Waals surface area contributed by atoms with Crippen molar-refractivity contribution in [1.29, 1.82) is 0 Å². The highest BCUT2D eigenvalue weighted by molar-refractivity contribution is 5.89. The molecule has 0 atom stereocenters. The first-order chi connectivity index (χ1) is 18.1. The van der Waals surface area contributed by atoms with Crippen molar-refractivity contribution in [3.8, 4) is 11.5 Å². The van der Waals surface area contributed by atoms with Crippen LogP contribution in [0.25, 0.3) is 11.0 Å². The highest BCUT2D eigenvalue weighted by Crippen LogP contribution is 2.43. The Balaban J connectivity index is 1.18. The van der Waals surface area contributed by atoms with Crippen LogP contribution in [0.5, 0.6) is 11.5 Å². The quantitative estimate of drug-likeness (QED) is 0.387. The van der Waals surface area contributed by atoms with Gasteiger partial charge in [0.2, 0.25) is 5.91 Å². The number of nitrogens with one attached hydrogen (secondary N) is 1. The molecule has 3 aromatic carbocycles. The molecule has 6 rings (SSSR count). The second-order valence-corrected chi connectivity index (χ2v) is 8.81. The van der Waals surface area contributed by atoms with E-state index in [0.717, 1.165) is 16.7 Å². The Hall–Kier alpha value is -4.79. The Bertz CT molecular complexity index is 1630. The minimum Gasteiger partial charge on any atom is -0.457 e. The first-order valence-corrected chi connectivity index (χ1v) is 11.9. The van der Waals surface area contributed by atoms with Crippen molar-refractivity contribution < 1.29 is 13.9 Å². The number of hydrogen-bond donors (Lipinski definition) is 1. The van der Waals surface area contributed by atoms with Crippen LogP contribution in [0.2, 0.25) is 0 Å². The van der Waals surface area contributed by atoms with E-state index in [9.17, 15) is 14.0 Å². The van der Waals surface area contributed by atoms with Crippen LogP contribution >= 0.6 is 0 Å². The summed E-state index contributed by atoms with van der Waals surface area (Å²) >= 11 is 0. The third-order valence-corrected chi connectivity index (χ3v) is 6.45. The molecule has 1 N–H and O–H groups in total. The molecule has 0 saturated carbocycles. The van der Waals surface area contributed by atoms with Crippen LogP contribution in [0, 0.1) is 5.82 Å². The SMILES string of the molecule is O=C(NCCn1ncc2c(=O)n(Cc3ccc(F)cc3)cnc21)C1c2ccccc2Oc2ccccc21. The van der Waals surface area contributed by atoms with Crippen LogP contribution in [-0.4, -0.2) is 31.8 Å². The van der Waals surface area contributed by atoms with Gasteiger partial charge in [-0.1, -0.05) is 48.5 Å². The van der Waals surface area contributed by atoms with Gasteiger partial charge in [-0.15, -0.1) is 0 Å². The molecule has 0 saturated heterocycles. The topological polar surface area (TPSA) is 91.0 Å². The summed E-state index contributed by atoms with van der Waals surface area (Å²) < 4.78 is 22.2. The molecule has 1 amide bonds. The summed E-state index contributed by atoms with van der Waals surface area (Å²) in [4.78, 5) is 30.7. The van der Waals surface area contributed by atoms with E-state index in [1.54, 1.807) is 16.8 Å². The predicted octanol–water partition coefficient (Wildman–Crippen LogP) is 3.83. The van der Waals surface area contributed by atoms with Gasteiger partial charge in [-0.3, -0.25) is 14.2 Å². The fourth-order valence-electron chi connectivity index (χ4n) is 4.64. The third-order valence-electron chi connectivity index (χ3n) is 6.45. The number of nitrogens with zero attached hydrogens (tertiary/aromatic N) is 4. The van der Waals surface area contributed by atoms with Crippen molar-refractivity contribution in [1.82, 2.24) is 24.6 Å². The van der Waals surface area contributed by atoms with Gasteiger partial charge in [0.25, 0.3) is 5.56 Å². The van der Waals surface area contributed by atoms with Crippen LogP contribution < -0.4 is 15.6 Å². The van der Waals surface area contributed by atoms with E-state index in [1.165, 1.54) is 29.2 Å². The number of rotatable bonds is 6. The molecule has 0 aliphatic carbocycles. The summed E-state index contributed by atoms with van der Waals surface area (Å²) in [5.41, 5.74) is 2.62. The number of hydrogen-bond acceptors (Lipinski definition) is 5. The van der Waals surface area contributed by atoms with E-state index in [-0.39, 0.29) is 23.8 Å². The first-order valence-electron chi connectivity index (χ1n) is 11.9. The van der Waals surface area contributed by atoms with Gasteiger partial charge < -0.3 is 10.1 Å². The van der Waals surface area contributed by atoms with Crippen LogP contribution in [0.15, 0.2) is 90.1 Å². The average molecular weight is 496 g/mol. The molecule has 0 radical (unpaired) electrons. The monoisotopic (exact) mass is 495 g/mol. The smallest absolute Gasteiger partial charge is 0.264 e. The molecule has 5 aromatic rings. The van der Waals surface area contributed by atoms with Gasteiger partial charge in [0.1, 0.15) is 29.0 Å². The van der Waals surface area contributed by atoms with Crippen LogP contribution in [0.3, 0.4) is 0 Å². The molecule has 3 heterocycles. The van der Waals surface area contributed by atoms with Crippen molar-refractivity contribution in [2.45, 2.75) is 19.0 Å². The summed E-state index contributed by atoms with van der Waals surface area (Å²) in [5.74, 6) is 0.367. The maximum absolute atomic E-state index is 13.3. The summed E-state index contributed by atoms with van der Waals surface area (Å²) in [6.45, 7) is 0.922.